The van der Waals surface area contributed by atoms with Gasteiger partial charge in [0.25, 0.3) is 0 Å². The van der Waals surface area contributed by atoms with Gasteiger partial charge in [-0.2, -0.15) is 5.10 Å². The summed E-state index contributed by atoms with van der Waals surface area (Å²) in [6.45, 7) is 4.29. The average Bonchev–Trinajstić information content (AvgIpc) is 2.38. The molecule has 7 heteroatoms. The van der Waals surface area contributed by atoms with E-state index in [0.717, 1.165) is 0 Å². The lowest BCUT2D eigenvalue weighted by atomic mass is 10.2. The van der Waals surface area contributed by atoms with Crippen molar-refractivity contribution in [2.45, 2.75) is 13.8 Å². The number of halogens is 2. The van der Waals surface area contributed by atoms with Crippen molar-refractivity contribution in [3.05, 3.63) is 33.8 Å². The minimum Gasteiger partial charge on any atom is -0.348 e. The molecule has 0 aliphatic rings. The predicted octanol–water partition coefficient (Wildman–Crippen LogP) is 2.22. The van der Waals surface area contributed by atoms with Crippen LogP contribution in [0.25, 0.3) is 0 Å². The summed E-state index contributed by atoms with van der Waals surface area (Å²) >= 11 is 11.7. The SMILES string of the molecule is CC(C)CNC(=O)C(=O)NN=Cc1ccc(Cl)cc1Cl. The fraction of sp³-hybridized carbons (Fsp3) is 0.308. The molecule has 2 amide bonds. The summed E-state index contributed by atoms with van der Waals surface area (Å²) in [4.78, 5) is 22.8. The van der Waals surface area contributed by atoms with Crippen molar-refractivity contribution in [1.29, 1.82) is 0 Å². The predicted molar refractivity (Wildman–Crippen MR) is 80.0 cm³/mol. The summed E-state index contributed by atoms with van der Waals surface area (Å²) in [5, 5.41) is 7.05. The number of hydrogen-bond donors (Lipinski definition) is 2. The molecule has 0 fully saturated rings. The molecule has 0 aromatic heterocycles. The van der Waals surface area contributed by atoms with Crippen LogP contribution in [-0.2, 0) is 9.59 Å². The van der Waals surface area contributed by atoms with Crippen molar-refractivity contribution in [3.63, 3.8) is 0 Å². The molecule has 1 aromatic rings. The smallest absolute Gasteiger partial charge is 0.329 e. The second kappa shape index (κ2) is 7.87. The van der Waals surface area contributed by atoms with Gasteiger partial charge in [-0.15, -0.1) is 0 Å². The first-order valence-corrected chi connectivity index (χ1v) is 6.72. The van der Waals surface area contributed by atoms with Crippen molar-refractivity contribution in [3.8, 4) is 0 Å². The minimum atomic E-state index is -0.827. The molecule has 5 nitrogen and oxygen atoms in total. The minimum absolute atomic E-state index is 0.267. The molecule has 1 rings (SSSR count). The normalized spacial score (nSPS) is 10.8. The van der Waals surface area contributed by atoms with Gasteiger partial charge < -0.3 is 5.32 Å². The van der Waals surface area contributed by atoms with Crippen LogP contribution in [0.5, 0.6) is 0 Å². The van der Waals surface area contributed by atoms with Crippen LogP contribution in [0.1, 0.15) is 19.4 Å². The van der Waals surface area contributed by atoms with Crippen LogP contribution in [0.3, 0.4) is 0 Å². The highest BCUT2D eigenvalue weighted by atomic mass is 35.5. The lowest BCUT2D eigenvalue weighted by Gasteiger charge is -2.05. The van der Waals surface area contributed by atoms with Gasteiger partial charge in [0.15, 0.2) is 0 Å². The monoisotopic (exact) mass is 315 g/mol. The second-order valence-corrected chi connectivity index (χ2v) is 5.31. The molecular formula is C13H15Cl2N3O2. The zero-order valence-electron chi connectivity index (χ0n) is 11.1. The highest BCUT2D eigenvalue weighted by molar-refractivity contribution is 6.36. The van der Waals surface area contributed by atoms with Crippen molar-refractivity contribution >= 4 is 41.2 Å². The molecule has 0 aliphatic heterocycles. The van der Waals surface area contributed by atoms with E-state index in [2.05, 4.69) is 15.8 Å². The fourth-order valence-electron chi connectivity index (χ4n) is 1.19. The highest BCUT2D eigenvalue weighted by Crippen LogP contribution is 2.19. The molecule has 0 spiro atoms. The number of nitrogens with one attached hydrogen (secondary N) is 2. The first-order valence-electron chi connectivity index (χ1n) is 5.96. The Hall–Kier alpha value is -1.59. The number of hydrogen-bond acceptors (Lipinski definition) is 3. The van der Waals surface area contributed by atoms with E-state index in [1.807, 2.05) is 13.8 Å². The quantitative estimate of drug-likeness (QED) is 0.508. The number of benzene rings is 1. The molecule has 0 aliphatic carbocycles. The van der Waals surface area contributed by atoms with Gasteiger partial charge in [0, 0.05) is 17.1 Å². The number of carbonyl (C=O) groups excluding carboxylic acids is 2. The molecule has 1 aromatic carbocycles. The molecule has 0 bridgehead atoms. The number of carbonyl (C=O) groups is 2. The average molecular weight is 316 g/mol. The van der Waals surface area contributed by atoms with Crippen molar-refractivity contribution in [2.75, 3.05) is 6.54 Å². The topological polar surface area (TPSA) is 70.6 Å². The first kappa shape index (κ1) is 16.5. The Bertz CT molecular complexity index is 530. The zero-order chi connectivity index (χ0) is 15.1. The fourth-order valence-corrected chi connectivity index (χ4v) is 1.65. The largest absolute Gasteiger partial charge is 0.348 e. The van der Waals surface area contributed by atoms with Gasteiger partial charge in [-0.3, -0.25) is 9.59 Å². The standard InChI is InChI=1S/C13H15Cl2N3O2/c1-8(2)6-16-12(19)13(20)18-17-7-9-3-4-10(14)5-11(9)15/h3-5,7-8H,6H2,1-2H3,(H,16,19)(H,18,20). The Balaban J connectivity index is 2.51. The summed E-state index contributed by atoms with van der Waals surface area (Å²) in [5.74, 6) is -1.28. The van der Waals surface area contributed by atoms with Gasteiger partial charge in [0.1, 0.15) is 0 Å². The maximum atomic E-state index is 11.4. The maximum Gasteiger partial charge on any atom is 0.329 e. The summed E-state index contributed by atoms with van der Waals surface area (Å²) in [6.07, 6.45) is 1.34. The molecule has 0 saturated heterocycles. The Labute approximate surface area is 127 Å². The molecule has 108 valence electrons. The van der Waals surface area contributed by atoms with E-state index in [9.17, 15) is 9.59 Å². The Morgan fingerprint density at radius 3 is 2.60 bits per heavy atom. The summed E-state index contributed by atoms with van der Waals surface area (Å²) in [5.41, 5.74) is 2.71. The molecule has 0 heterocycles. The number of amides is 2. The molecule has 0 atom stereocenters. The van der Waals surface area contributed by atoms with Crippen LogP contribution >= 0.6 is 23.2 Å². The molecular weight excluding hydrogens is 301 g/mol. The first-order chi connectivity index (χ1) is 9.40. The maximum absolute atomic E-state index is 11.4. The van der Waals surface area contributed by atoms with Crippen LogP contribution in [0.2, 0.25) is 10.0 Å². The summed E-state index contributed by atoms with van der Waals surface area (Å²) in [7, 11) is 0. The van der Waals surface area contributed by atoms with Gasteiger partial charge in [-0.25, -0.2) is 5.43 Å². The van der Waals surface area contributed by atoms with Crippen molar-refractivity contribution in [1.82, 2.24) is 10.7 Å². The lowest BCUT2D eigenvalue weighted by molar-refractivity contribution is -0.139. The third-order valence-corrected chi connectivity index (χ3v) is 2.77. The van der Waals surface area contributed by atoms with Crippen LogP contribution in [-0.4, -0.2) is 24.6 Å². The molecule has 2 N–H and O–H groups in total. The van der Waals surface area contributed by atoms with Crippen LogP contribution in [0, 0.1) is 5.92 Å². The van der Waals surface area contributed by atoms with Crippen molar-refractivity contribution < 1.29 is 9.59 Å². The van der Waals surface area contributed by atoms with E-state index in [1.54, 1.807) is 18.2 Å². The van der Waals surface area contributed by atoms with E-state index in [1.165, 1.54) is 6.21 Å². The summed E-state index contributed by atoms with van der Waals surface area (Å²) in [6, 6.07) is 4.85. The Kier molecular flexibility index (Phi) is 6.48. The van der Waals surface area contributed by atoms with E-state index < -0.39 is 11.8 Å². The van der Waals surface area contributed by atoms with E-state index >= 15 is 0 Å². The van der Waals surface area contributed by atoms with Gasteiger partial charge in [0.2, 0.25) is 0 Å². The lowest BCUT2D eigenvalue weighted by Crippen LogP contribution is -2.39. The van der Waals surface area contributed by atoms with E-state index in [0.29, 0.717) is 22.2 Å². The van der Waals surface area contributed by atoms with E-state index in [-0.39, 0.29) is 5.92 Å². The van der Waals surface area contributed by atoms with E-state index in [4.69, 9.17) is 23.2 Å². The van der Waals surface area contributed by atoms with Crippen molar-refractivity contribution in [2.24, 2.45) is 11.0 Å². The van der Waals surface area contributed by atoms with Gasteiger partial charge in [-0.1, -0.05) is 43.1 Å². The zero-order valence-corrected chi connectivity index (χ0v) is 12.6. The Morgan fingerprint density at radius 1 is 1.30 bits per heavy atom. The van der Waals surface area contributed by atoms with Crippen LogP contribution in [0.15, 0.2) is 23.3 Å². The van der Waals surface area contributed by atoms with Gasteiger partial charge in [-0.05, 0) is 18.1 Å². The Morgan fingerprint density at radius 2 is 2.00 bits per heavy atom. The second-order valence-electron chi connectivity index (χ2n) is 4.47. The third kappa shape index (κ3) is 5.59. The number of hydrazone groups is 1. The number of rotatable bonds is 4. The van der Waals surface area contributed by atoms with Gasteiger partial charge in [0.05, 0.1) is 11.2 Å². The third-order valence-electron chi connectivity index (χ3n) is 2.21. The summed E-state index contributed by atoms with van der Waals surface area (Å²) < 4.78 is 0. The molecule has 0 saturated carbocycles. The van der Waals surface area contributed by atoms with Crippen LogP contribution < -0.4 is 10.7 Å². The van der Waals surface area contributed by atoms with Gasteiger partial charge >= 0.3 is 11.8 Å². The molecule has 0 unspecified atom stereocenters. The van der Waals surface area contributed by atoms with Crippen LogP contribution in [0.4, 0.5) is 0 Å². The molecule has 0 radical (unpaired) electrons. The number of nitrogens with zero attached hydrogens (tertiary/aromatic N) is 1. The molecule has 20 heavy (non-hydrogen) atoms. The highest BCUT2D eigenvalue weighted by Gasteiger charge is 2.12.